The highest BCUT2D eigenvalue weighted by Gasteiger charge is 2.19. The highest BCUT2D eigenvalue weighted by atomic mass is 32.2. The van der Waals surface area contributed by atoms with Gasteiger partial charge < -0.3 is 5.32 Å². The van der Waals surface area contributed by atoms with Gasteiger partial charge in [0.1, 0.15) is 16.5 Å². The highest BCUT2D eigenvalue weighted by Crippen LogP contribution is 2.22. The molecule has 2 aromatic rings. The van der Waals surface area contributed by atoms with Crippen molar-refractivity contribution >= 4 is 21.5 Å². The summed E-state index contributed by atoms with van der Waals surface area (Å²) in [6.07, 6.45) is 4.56. The van der Waals surface area contributed by atoms with E-state index in [0.717, 1.165) is 18.7 Å². The number of aromatic nitrogens is 2. The molecule has 0 unspecified atom stereocenters. The van der Waals surface area contributed by atoms with Crippen molar-refractivity contribution in [3.05, 3.63) is 42.6 Å². The molecule has 0 aliphatic carbocycles. The lowest BCUT2D eigenvalue weighted by Gasteiger charge is -2.12. The minimum Gasteiger partial charge on any atom is -0.384 e. The van der Waals surface area contributed by atoms with Crippen molar-refractivity contribution in [3.63, 3.8) is 0 Å². The Hall–Kier alpha value is -2.22. The molecule has 0 bridgehead atoms. The zero-order chi connectivity index (χ0) is 15.3. The van der Waals surface area contributed by atoms with E-state index < -0.39 is 15.8 Å². The van der Waals surface area contributed by atoms with E-state index in [1.165, 1.54) is 18.5 Å². The summed E-state index contributed by atoms with van der Waals surface area (Å²) in [7, 11) is -3.85. The summed E-state index contributed by atoms with van der Waals surface area (Å²) in [5.74, 6) is -0.494. The lowest BCUT2D eigenvalue weighted by atomic mass is 10.4. The van der Waals surface area contributed by atoms with Crippen LogP contribution in [0.15, 0.2) is 41.7 Å². The Labute approximate surface area is 122 Å². The summed E-state index contributed by atoms with van der Waals surface area (Å²) in [6, 6.07) is 3.97. The molecule has 0 saturated carbocycles. The molecule has 2 aromatic heterocycles. The van der Waals surface area contributed by atoms with E-state index in [4.69, 9.17) is 0 Å². The molecule has 6 nitrogen and oxygen atoms in total. The van der Waals surface area contributed by atoms with Gasteiger partial charge in [-0.15, -0.1) is 0 Å². The maximum absolute atomic E-state index is 12.8. The van der Waals surface area contributed by atoms with Crippen LogP contribution in [-0.4, -0.2) is 24.9 Å². The van der Waals surface area contributed by atoms with Crippen LogP contribution < -0.4 is 10.0 Å². The molecule has 0 aliphatic rings. The van der Waals surface area contributed by atoms with E-state index in [0.29, 0.717) is 12.2 Å². The minimum atomic E-state index is -3.85. The zero-order valence-electron chi connectivity index (χ0n) is 11.4. The zero-order valence-corrected chi connectivity index (χ0v) is 12.2. The fourth-order valence-electron chi connectivity index (χ4n) is 1.63. The van der Waals surface area contributed by atoms with Crippen molar-refractivity contribution in [2.75, 3.05) is 16.6 Å². The van der Waals surface area contributed by atoms with Crippen LogP contribution in [-0.2, 0) is 10.0 Å². The number of rotatable bonds is 6. The van der Waals surface area contributed by atoms with Gasteiger partial charge in [-0.05, 0) is 24.6 Å². The van der Waals surface area contributed by atoms with Crippen molar-refractivity contribution in [1.82, 2.24) is 9.97 Å². The lowest BCUT2D eigenvalue weighted by Crippen LogP contribution is -2.16. The van der Waals surface area contributed by atoms with Crippen molar-refractivity contribution < 1.29 is 12.8 Å². The summed E-state index contributed by atoms with van der Waals surface area (Å²) in [6.45, 7) is 2.62. The average Bonchev–Trinajstić information content (AvgIpc) is 2.47. The molecule has 0 fully saturated rings. The summed E-state index contributed by atoms with van der Waals surface area (Å²) in [5.41, 5.74) is 0.460. The Morgan fingerprint density at radius 3 is 2.71 bits per heavy atom. The van der Waals surface area contributed by atoms with Gasteiger partial charge in [0.05, 0.1) is 11.9 Å². The van der Waals surface area contributed by atoms with Gasteiger partial charge >= 0.3 is 0 Å². The Bertz CT molecular complexity index is 704. The quantitative estimate of drug-likeness (QED) is 0.855. The fourth-order valence-corrected chi connectivity index (χ4v) is 2.76. The highest BCUT2D eigenvalue weighted by molar-refractivity contribution is 7.92. The molecule has 21 heavy (non-hydrogen) atoms. The Morgan fingerprint density at radius 1 is 1.24 bits per heavy atom. The van der Waals surface area contributed by atoms with Gasteiger partial charge in [-0.1, -0.05) is 6.92 Å². The second-order valence-electron chi connectivity index (χ2n) is 4.27. The monoisotopic (exact) mass is 310 g/mol. The number of hydrogen-bond donors (Lipinski definition) is 2. The first-order valence-electron chi connectivity index (χ1n) is 6.35. The third kappa shape index (κ3) is 3.88. The number of pyridine rings is 2. The van der Waals surface area contributed by atoms with E-state index in [-0.39, 0.29) is 10.7 Å². The first kappa shape index (κ1) is 15.2. The summed E-state index contributed by atoms with van der Waals surface area (Å²) in [5, 5.41) is 3.02. The largest absolute Gasteiger partial charge is 0.384 e. The van der Waals surface area contributed by atoms with Crippen LogP contribution in [0.4, 0.5) is 15.9 Å². The summed E-state index contributed by atoms with van der Waals surface area (Å²) < 4.78 is 39.8. The molecule has 2 heterocycles. The van der Waals surface area contributed by atoms with Gasteiger partial charge in [0.15, 0.2) is 0 Å². The molecule has 112 valence electrons. The normalized spacial score (nSPS) is 11.1. The van der Waals surface area contributed by atoms with Crippen LogP contribution >= 0.6 is 0 Å². The van der Waals surface area contributed by atoms with Crippen LogP contribution in [0.25, 0.3) is 0 Å². The van der Waals surface area contributed by atoms with Gasteiger partial charge in [-0.3, -0.25) is 9.71 Å². The van der Waals surface area contributed by atoms with Gasteiger partial charge in [0, 0.05) is 18.9 Å². The van der Waals surface area contributed by atoms with Crippen molar-refractivity contribution in [2.24, 2.45) is 0 Å². The van der Waals surface area contributed by atoms with E-state index >= 15 is 0 Å². The van der Waals surface area contributed by atoms with E-state index in [9.17, 15) is 12.8 Å². The maximum atomic E-state index is 12.8. The van der Waals surface area contributed by atoms with E-state index in [1.54, 1.807) is 6.07 Å². The lowest BCUT2D eigenvalue weighted by molar-refractivity contribution is 0.600. The number of anilines is 2. The maximum Gasteiger partial charge on any atom is 0.266 e. The predicted molar refractivity (Wildman–Crippen MR) is 78.0 cm³/mol. The molecular weight excluding hydrogens is 295 g/mol. The van der Waals surface area contributed by atoms with Crippen molar-refractivity contribution in [1.29, 1.82) is 0 Å². The van der Waals surface area contributed by atoms with Gasteiger partial charge in [0.25, 0.3) is 10.0 Å². The molecule has 0 aromatic carbocycles. The Balaban J connectivity index is 2.29. The van der Waals surface area contributed by atoms with Crippen molar-refractivity contribution in [3.8, 4) is 0 Å². The molecule has 0 atom stereocenters. The molecular formula is C13H15FN4O2S. The second-order valence-corrected chi connectivity index (χ2v) is 5.92. The SMILES string of the molecule is CCCNc1ccncc1S(=O)(=O)Nc1ccc(F)cn1. The molecule has 0 radical (unpaired) electrons. The third-order valence-corrected chi connectivity index (χ3v) is 3.99. The van der Waals surface area contributed by atoms with Crippen LogP contribution in [0.5, 0.6) is 0 Å². The third-order valence-electron chi connectivity index (χ3n) is 2.61. The topological polar surface area (TPSA) is 84.0 Å². The van der Waals surface area contributed by atoms with E-state index in [2.05, 4.69) is 20.0 Å². The van der Waals surface area contributed by atoms with Crippen LogP contribution in [0.1, 0.15) is 13.3 Å². The Morgan fingerprint density at radius 2 is 2.05 bits per heavy atom. The summed E-state index contributed by atoms with van der Waals surface area (Å²) >= 11 is 0. The smallest absolute Gasteiger partial charge is 0.266 e. The van der Waals surface area contributed by atoms with Gasteiger partial charge in [0.2, 0.25) is 0 Å². The molecule has 0 spiro atoms. The standard InChI is InChI=1S/C13H15FN4O2S/c1-2-6-16-11-5-7-15-9-12(11)21(19,20)18-13-4-3-10(14)8-17-13/h3-5,7-9H,2,6H2,1H3,(H,15,16)(H,17,18). The van der Waals surface area contributed by atoms with Crippen LogP contribution in [0, 0.1) is 5.82 Å². The molecule has 0 amide bonds. The molecule has 8 heteroatoms. The summed E-state index contributed by atoms with van der Waals surface area (Å²) in [4.78, 5) is 7.53. The number of halogens is 1. The number of sulfonamides is 1. The molecule has 0 aliphatic heterocycles. The first-order chi connectivity index (χ1) is 10.0. The second kappa shape index (κ2) is 6.49. The first-order valence-corrected chi connectivity index (χ1v) is 7.83. The molecule has 2 N–H and O–H groups in total. The predicted octanol–water partition coefficient (Wildman–Crippen LogP) is 2.24. The minimum absolute atomic E-state index is 0.0181. The van der Waals surface area contributed by atoms with Gasteiger partial charge in [-0.2, -0.15) is 0 Å². The van der Waals surface area contributed by atoms with E-state index in [1.807, 2.05) is 6.92 Å². The van der Waals surface area contributed by atoms with Crippen LogP contribution in [0.2, 0.25) is 0 Å². The van der Waals surface area contributed by atoms with Gasteiger partial charge in [-0.25, -0.2) is 17.8 Å². The number of nitrogens with one attached hydrogen (secondary N) is 2. The molecule has 2 rings (SSSR count). The molecule has 0 saturated heterocycles. The number of hydrogen-bond acceptors (Lipinski definition) is 5. The fraction of sp³-hybridized carbons (Fsp3) is 0.231. The van der Waals surface area contributed by atoms with Crippen LogP contribution in [0.3, 0.4) is 0 Å². The average molecular weight is 310 g/mol. The van der Waals surface area contributed by atoms with Crippen molar-refractivity contribution in [2.45, 2.75) is 18.2 Å². The Kier molecular flexibility index (Phi) is 4.69. The number of nitrogens with zero attached hydrogens (tertiary/aromatic N) is 2.